The van der Waals surface area contributed by atoms with Crippen molar-refractivity contribution in [1.82, 2.24) is 0 Å². The van der Waals surface area contributed by atoms with Gasteiger partial charge in [0.15, 0.2) is 43.3 Å². The first-order valence-corrected chi connectivity index (χ1v) is 18.9. The molecule has 3 aliphatic rings. The number of aliphatic hydroxyl groups is 4. The van der Waals surface area contributed by atoms with Crippen molar-refractivity contribution < 1.29 is 87.0 Å². The van der Waals surface area contributed by atoms with Crippen LogP contribution in [-0.2, 0) is 52.2 Å². The van der Waals surface area contributed by atoms with Crippen LogP contribution in [0.15, 0.2) is 96.1 Å². The molecule has 3 fully saturated rings. The minimum atomic E-state index is -1.95. The van der Waals surface area contributed by atoms with Gasteiger partial charge >= 0.3 is 23.9 Å². The van der Waals surface area contributed by atoms with E-state index in [0.29, 0.717) is 0 Å². The predicted molar refractivity (Wildman–Crippen MR) is 201 cm³/mol. The van der Waals surface area contributed by atoms with Crippen molar-refractivity contribution in [3.63, 3.8) is 0 Å². The minimum absolute atomic E-state index is 0.00669. The van der Waals surface area contributed by atoms with Crippen LogP contribution in [0.2, 0.25) is 0 Å². The Balaban J connectivity index is 1.40. The van der Waals surface area contributed by atoms with E-state index in [1.165, 1.54) is 36.4 Å². The lowest BCUT2D eigenvalue weighted by molar-refractivity contribution is -0.360. The zero-order valence-corrected chi connectivity index (χ0v) is 32.3. The largest absolute Gasteiger partial charge is 0.467 e. The van der Waals surface area contributed by atoms with Crippen molar-refractivity contribution in [1.29, 1.82) is 0 Å². The molecule has 3 heterocycles. The zero-order chi connectivity index (χ0) is 43.5. The molecule has 0 spiro atoms. The Bertz CT molecular complexity index is 1970. The standard InChI is InChI=1S/C40H43N3O18/c1-52-37(51)32-30(58-35(49)22-13-7-3-8-14-22)31(60-39-29(26(45)24(44)19-54-39)57-34(48)21-11-5-2-6-12-21)33(59-36(50)23-15-9-4-10-16-23)40(61-32)56-25-20-55-38(28(47)27(25)46)53-18-17-42-43-41/h2-16,24-33,38-40,44-47H,17-20H2,1H3/t24-,25-,26?,27?,28?,29?,30+,31?,32?,33?,38-,39-,40-/m1/s1. The highest BCUT2D eigenvalue weighted by atomic mass is 16.8. The number of aliphatic hydroxyl groups excluding tert-OH is 4. The number of carbonyl (C=O) groups excluding carboxylic acids is 4. The van der Waals surface area contributed by atoms with E-state index < -0.39 is 117 Å². The van der Waals surface area contributed by atoms with Gasteiger partial charge in [0.05, 0.1) is 43.6 Å². The lowest BCUT2D eigenvalue weighted by Crippen LogP contribution is -2.67. The molecule has 0 radical (unpaired) electrons. The van der Waals surface area contributed by atoms with Gasteiger partial charge in [-0.3, -0.25) is 0 Å². The molecule has 7 unspecified atom stereocenters. The van der Waals surface area contributed by atoms with Crippen molar-refractivity contribution >= 4 is 23.9 Å². The maximum atomic E-state index is 13.9. The molecular weight excluding hydrogens is 810 g/mol. The van der Waals surface area contributed by atoms with Crippen molar-refractivity contribution in [3.05, 3.63) is 118 Å². The Morgan fingerprint density at radius 3 is 1.72 bits per heavy atom. The average Bonchev–Trinajstić information content (AvgIpc) is 3.29. The fourth-order valence-corrected chi connectivity index (χ4v) is 6.56. The Morgan fingerprint density at radius 2 is 1.18 bits per heavy atom. The Kier molecular flexibility index (Phi) is 15.7. The topological polar surface area (TPSA) is 290 Å². The van der Waals surface area contributed by atoms with E-state index in [1.54, 1.807) is 54.6 Å². The number of hydrogen-bond acceptors (Lipinski definition) is 19. The van der Waals surface area contributed by atoms with Crippen molar-refractivity contribution in [2.75, 3.05) is 33.5 Å². The number of rotatable bonds is 15. The first-order chi connectivity index (χ1) is 29.5. The predicted octanol–water partition coefficient (Wildman–Crippen LogP) is 0.815. The van der Waals surface area contributed by atoms with Gasteiger partial charge in [0.25, 0.3) is 0 Å². The number of azide groups is 1. The molecule has 3 aromatic carbocycles. The van der Waals surface area contributed by atoms with Gasteiger partial charge in [-0.05, 0) is 41.9 Å². The van der Waals surface area contributed by atoms with E-state index >= 15 is 0 Å². The summed E-state index contributed by atoms with van der Waals surface area (Å²) in [4.78, 5) is 57.1. The summed E-state index contributed by atoms with van der Waals surface area (Å²) in [5.41, 5.74) is 8.62. The molecule has 61 heavy (non-hydrogen) atoms. The molecule has 0 saturated carbocycles. The molecule has 3 aromatic rings. The summed E-state index contributed by atoms with van der Waals surface area (Å²) in [5, 5.41) is 47.2. The number of carbonyl (C=O) groups is 4. The summed E-state index contributed by atoms with van der Waals surface area (Å²) in [6, 6.07) is 22.8. The van der Waals surface area contributed by atoms with E-state index in [0.717, 1.165) is 7.11 Å². The number of nitrogens with zero attached hydrogens (tertiary/aromatic N) is 3. The molecule has 3 aliphatic heterocycles. The molecule has 0 aromatic heterocycles. The molecule has 13 atom stereocenters. The molecule has 0 bridgehead atoms. The van der Waals surface area contributed by atoms with Gasteiger partial charge in [0, 0.05) is 11.5 Å². The Labute approximate surface area is 347 Å². The van der Waals surface area contributed by atoms with Gasteiger partial charge < -0.3 is 67.8 Å². The third-order valence-electron chi connectivity index (χ3n) is 9.69. The third-order valence-corrected chi connectivity index (χ3v) is 9.69. The van der Waals surface area contributed by atoms with E-state index in [4.69, 9.17) is 52.9 Å². The second kappa shape index (κ2) is 21.3. The summed E-state index contributed by atoms with van der Waals surface area (Å²) >= 11 is 0. The summed E-state index contributed by atoms with van der Waals surface area (Å²) < 4.78 is 57.8. The maximum Gasteiger partial charge on any atom is 0.339 e. The van der Waals surface area contributed by atoms with Gasteiger partial charge in [-0.15, -0.1) is 0 Å². The van der Waals surface area contributed by atoms with Crippen LogP contribution in [0.4, 0.5) is 0 Å². The summed E-state index contributed by atoms with van der Waals surface area (Å²) in [6.07, 6.45) is -23.1. The van der Waals surface area contributed by atoms with Crippen LogP contribution < -0.4 is 0 Å². The quantitative estimate of drug-likeness (QED) is 0.0411. The van der Waals surface area contributed by atoms with Crippen LogP contribution in [0.25, 0.3) is 10.4 Å². The van der Waals surface area contributed by atoms with Gasteiger partial charge in [-0.25, -0.2) is 19.2 Å². The fraction of sp³-hybridized carbons (Fsp3) is 0.450. The Hall–Kier alpha value is -5.55. The van der Waals surface area contributed by atoms with Crippen molar-refractivity contribution in [2.45, 2.75) is 79.9 Å². The molecule has 4 N–H and O–H groups in total. The fourth-order valence-electron chi connectivity index (χ4n) is 6.56. The zero-order valence-electron chi connectivity index (χ0n) is 32.3. The van der Waals surface area contributed by atoms with Crippen molar-refractivity contribution in [3.8, 4) is 0 Å². The number of ether oxygens (including phenoxy) is 10. The highest BCUT2D eigenvalue weighted by Crippen LogP contribution is 2.35. The molecular formula is C40H43N3O18. The van der Waals surface area contributed by atoms with Crippen molar-refractivity contribution in [2.24, 2.45) is 5.11 Å². The monoisotopic (exact) mass is 853 g/mol. The van der Waals surface area contributed by atoms with Gasteiger partial charge in [0.2, 0.25) is 0 Å². The number of methoxy groups -OCH3 is 1. The third kappa shape index (κ3) is 11.0. The maximum absolute atomic E-state index is 13.9. The lowest BCUT2D eigenvalue weighted by Gasteiger charge is -2.47. The number of esters is 4. The van der Waals surface area contributed by atoms with Crippen LogP contribution >= 0.6 is 0 Å². The normalized spacial score (nSPS) is 31.1. The van der Waals surface area contributed by atoms with Gasteiger partial charge in [-0.1, -0.05) is 59.7 Å². The highest BCUT2D eigenvalue weighted by Gasteiger charge is 2.58. The minimum Gasteiger partial charge on any atom is -0.467 e. The van der Waals surface area contributed by atoms with E-state index in [9.17, 15) is 39.6 Å². The van der Waals surface area contributed by atoms with Gasteiger partial charge in [0.1, 0.15) is 36.6 Å². The highest BCUT2D eigenvalue weighted by molar-refractivity contribution is 5.91. The molecule has 0 amide bonds. The summed E-state index contributed by atoms with van der Waals surface area (Å²) in [6.45, 7) is -1.35. The molecule has 6 rings (SSSR count). The molecule has 0 aliphatic carbocycles. The average molecular weight is 854 g/mol. The van der Waals surface area contributed by atoms with E-state index in [1.807, 2.05) is 0 Å². The van der Waals surface area contributed by atoms with Crippen LogP contribution in [0.5, 0.6) is 0 Å². The lowest BCUT2D eigenvalue weighted by atomic mass is 9.96. The van der Waals surface area contributed by atoms with E-state index in [-0.39, 0.29) is 29.8 Å². The van der Waals surface area contributed by atoms with Crippen LogP contribution in [0, 0.1) is 0 Å². The number of hydrogen-bond donors (Lipinski definition) is 4. The number of benzene rings is 3. The molecule has 3 saturated heterocycles. The second-order valence-corrected chi connectivity index (χ2v) is 13.7. The molecule has 21 heteroatoms. The summed E-state index contributed by atoms with van der Waals surface area (Å²) in [7, 11) is 1.01. The SMILES string of the molecule is COC(=O)C1O[C@@H](O[C@@H]2CO[C@@H](OCCN=[N+]=[N-])C(O)C2O)C(OC(=O)c2ccccc2)C(O[C@H]2OC[C@@H](O)C(O)C2OC(=O)c2ccccc2)[C@@H]1OC(=O)c1ccccc1. The Morgan fingerprint density at radius 1 is 0.656 bits per heavy atom. The first-order valence-electron chi connectivity index (χ1n) is 18.9. The van der Waals surface area contributed by atoms with E-state index in [2.05, 4.69) is 10.0 Å². The molecule has 21 nitrogen and oxygen atoms in total. The van der Waals surface area contributed by atoms with Crippen LogP contribution in [0.3, 0.4) is 0 Å². The first kappa shape index (κ1) is 45.0. The molecule has 326 valence electrons. The summed E-state index contributed by atoms with van der Waals surface area (Å²) in [5.74, 6) is -4.13. The smallest absolute Gasteiger partial charge is 0.339 e. The van der Waals surface area contributed by atoms with Crippen LogP contribution in [-0.4, -0.2) is 158 Å². The van der Waals surface area contributed by atoms with Gasteiger partial charge in [-0.2, -0.15) is 0 Å². The van der Waals surface area contributed by atoms with Crippen LogP contribution in [0.1, 0.15) is 31.1 Å². The second-order valence-electron chi connectivity index (χ2n) is 13.7.